The summed E-state index contributed by atoms with van der Waals surface area (Å²) in [6.07, 6.45) is 3.50. The van der Waals surface area contributed by atoms with Gasteiger partial charge >= 0.3 is 0 Å². The third-order valence-corrected chi connectivity index (χ3v) is 5.50. The molecule has 1 heterocycles. The molecule has 1 saturated heterocycles. The van der Waals surface area contributed by atoms with E-state index in [1.54, 1.807) is 7.11 Å². The molecule has 0 unspecified atom stereocenters. The number of piperazine rings is 1. The summed E-state index contributed by atoms with van der Waals surface area (Å²) in [7, 11) is 1.67. The van der Waals surface area contributed by atoms with Gasteiger partial charge < -0.3 is 19.3 Å². The molecule has 27 heavy (non-hydrogen) atoms. The van der Waals surface area contributed by atoms with Gasteiger partial charge in [-0.25, -0.2) is 0 Å². The molecular weight excluding hydrogens is 340 g/mol. The molecule has 0 atom stereocenters. The fraction of sp³-hybridized carbons (Fsp3) is 0.409. The van der Waals surface area contributed by atoms with Crippen LogP contribution in [-0.2, 0) is 17.6 Å². The normalized spacial score (nSPS) is 16.2. The molecule has 1 amide bonds. The molecule has 0 bridgehead atoms. The summed E-state index contributed by atoms with van der Waals surface area (Å²) in [5.41, 5.74) is 3.95. The summed E-state index contributed by atoms with van der Waals surface area (Å²) < 4.78 is 11.0. The Bertz CT molecular complexity index is 796. The summed E-state index contributed by atoms with van der Waals surface area (Å²) in [5, 5.41) is 0. The predicted molar refractivity (Wildman–Crippen MR) is 106 cm³/mol. The van der Waals surface area contributed by atoms with E-state index in [2.05, 4.69) is 29.2 Å². The summed E-state index contributed by atoms with van der Waals surface area (Å²) in [6, 6.07) is 14.3. The van der Waals surface area contributed by atoms with E-state index in [1.807, 2.05) is 23.1 Å². The third-order valence-electron chi connectivity index (χ3n) is 5.50. The average molecular weight is 366 g/mol. The zero-order chi connectivity index (χ0) is 18.6. The second-order valence-corrected chi connectivity index (χ2v) is 7.14. The standard InChI is InChI=1S/C22H26N2O3/c1-26-20-9-6-19(7-10-20)23-11-13-24(14-12-23)22(25)16-27-21-8-5-17-3-2-4-18(17)15-21/h5-10,15H,2-4,11-14,16H2,1H3. The minimum absolute atomic E-state index is 0.0601. The minimum Gasteiger partial charge on any atom is -0.497 e. The molecule has 2 aliphatic rings. The molecule has 2 aromatic carbocycles. The Hall–Kier alpha value is -2.69. The lowest BCUT2D eigenvalue weighted by atomic mass is 10.1. The summed E-state index contributed by atoms with van der Waals surface area (Å²) >= 11 is 0. The summed E-state index contributed by atoms with van der Waals surface area (Å²) in [6.45, 7) is 3.21. The SMILES string of the molecule is COc1ccc(N2CCN(C(=O)COc3ccc4c(c3)CCC4)CC2)cc1. The maximum atomic E-state index is 12.5. The average Bonchev–Trinajstić information content (AvgIpc) is 3.20. The van der Waals surface area contributed by atoms with Crippen LogP contribution in [0, 0.1) is 0 Å². The number of nitrogens with zero attached hydrogens (tertiary/aromatic N) is 2. The van der Waals surface area contributed by atoms with Crippen molar-refractivity contribution in [2.45, 2.75) is 19.3 Å². The van der Waals surface area contributed by atoms with Crippen LogP contribution in [0.5, 0.6) is 11.5 Å². The minimum atomic E-state index is 0.0601. The van der Waals surface area contributed by atoms with E-state index in [-0.39, 0.29) is 12.5 Å². The van der Waals surface area contributed by atoms with Gasteiger partial charge in [0.05, 0.1) is 7.11 Å². The van der Waals surface area contributed by atoms with Gasteiger partial charge in [-0.1, -0.05) is 6.07 Å². The lowest BCUT2D eigenvalue weighted by Gasteiger charge is -2.36. The van der Waals surface area contributed by atoms with E-state index >= 15 is 0 Å². The molecule has 5 nitrogen and oxygen atoms in total. The number of hydrogen-bond acceptors (Lipinski definition) is 4. The highest BCUT2D eigenvalue weighted by Crippen LogP contribution is 2.26. The molecule has 142 valence electrons. The molecule has 2 aromatic rings. The van der Waals surface area contributed by atoms with Crippen molar-refractivity contribution >= 4 is 11.6 Å². The summed E-state index contributed by atoms with van der Waals surface area (Å²) in [5.74, 6) is 1.72. The highest BCUT2D eigenvalue weighted by Gasteiger charge is 2.22. The quantitative estimate of drug-likeness (QED) is 0.816. The van der Waals surface area contributed by atoms with Crippen LogP contribution in [0.2, 0.25) is 0 Å². The second kappa shape index (κ2) is 7.91. The number of methoxy groups -OCH3 is 1. The smallest absolute Gasteiger partial charge is 0.260 e. The molecular formula is C22H26N2O3. The first kappa shape index (κ1) is 17.7. The number of amides is 1. The first-order valence-corrected chi connectivity index (χ1v) is 9.64. The van der Waals surface area contributed by atoms with Crippen molar-refractivity contribution in [1.82, 2.24) is 4.90 Å². The first-order valence-electron chi connectivity index (χ1n) is 9.64. The molecule has 4 rings (SSSR count). The van der Waals surface area contributed by atoms with E-state index in [1.165, 1.54) is 17.5 Å². The van der Waals surface area contributed by atoms with E-state index in [0.29, 0.717) is 0 Å². The molecule has 0 spiro atoms. The number of carbonyl (C=O) groups is 1. The van der Waals surface area contributed by atoms with Crippen LogP contribution < -0.4 is 14.4 Å². The number of hydrogen-bond donors (Lipinski definition) is 0. The van der Waals surface area contributed by atoms with Gasteiger partial charge in [-0.2, -0.15) is 0 Å². The van der Waals surface area contributed by atoms with Gasteiger partial charge in [-0.3, -0.25) is 4.79 Å². The Morgan fingerprint density at radius 2 is 1.63 bits per heavy atom. The van der Waals surface area contributed by atoms with Gasteiger partial charge in [0.15, 0.2) is 6.61 Å². The van der Waals surface area contributed by atoms with Crippen LogP contribution in [0.15, 0.2) is 42.5 Å². The third kappa shape index (κ3) is 4.02. The van der Waals surface area contributed by atoms with Crippen molar-refractivity contribution in [2.24, 2.45) is 0 Å². The number of fused-ring (bicyclic) bond motifs is 1. The van der Waals surface area contributed by atoms with Gasteiger partial charge in [-0.05, 0) is 66.8 Å². The lowest BCUT2D eigenvalue weighted by Crippen LogP contribution is -2.50. The van der Waals surface area contributed by atoms with E-state index in [0.717, 1.165) is 56.2 Å². The second-order valence-electron chi connectivity index (χ2n) is 7.14. The van der Waals surface area contributed by atoms with E-state index in [4.69, 9.17) is 9.47 Å². The summed E-state index contributed by atoms with van der Waals surface area (Å²) in [4.78, 5) is 16.7. The van der Waals surface area contributed by atoms with Crippen molar-refractivity contribution < 1.29 is 14.3 Å². The molecule has 1 aliphatic carbocycles. The molecule has 5 heteroatoms. The zero-order valence-corrected chi connectivity index (χ0v) is 15.8. The first-order chi connectivity index (χ1) is 13.2. The largest absolute Gasteiger partial charge is 0.497 e. The molecule has 1 aliphatic heterocycles. The maximum absolute atomic E-state index is 12.5. The van der Waals surface area contributed by atoms with Gasteiger partial charge in [0.2, 0.25) is 0 Å². The predicted octanol–water partition coefficient (Wildman–Crippen LogP) is 2.91. The molecule has 0 saturated carbocycles. The van der Waals surface area contributed by atoms with Crippen molar-refractivity contribution in [1.29, 1.82) is 0 Å². The number of aryl methyl sites for hydroxylation is 2. The van der Waals surface area contributed by atoms with E-state index < -0.39 is 0 Å². The number of benzene rings is 2. The van der Waals surface area contributed by atoms with Gasteiger partial charge in [0.25, 0.3) is 5.91 Å². The molecule has 0 N–H and O–H groups in total. The van der Waals surface area contributed by atoms with Crippen molar-refractivity contribution in [3.8, 4) is 11.5 Å². The Balaban J connectivity index is 1.27. The topological polar surface area (TPSA) is 42.0 Å². The molecule has 1 fully saturated rings. The Morgan fingerprint density at radius 1 is 0.926 bits per heavy atom. The Morgan fingerprint density at radius 3 is 2.37 bits per heavy atom. The van der Waals surface area contributed by atoms with Crippen LogP contribution in [0.3, 0.4) is 0 Å². The van der Waals surface area contributed by atoms with Crippen LogP contribution >= 0.6 is 0 Å². The lowest BCUT2D eigenvalue weighted by molar-refractivity contribution is -0.133. The van der Waals surface area contributed by atoms with Crippen molar-refractivity contribution in [3.05, 3.63) is 53.6 Å². The fourth-order valence-electron chi connectivity index (χ4n) is 3.88. The fourth-order valence-corrected chi connectivity index (χ4v) is 3.88. The Kier molecular flexibility index (Phi) is 5.19. The van der Waals surface area contributed by atoms with Crippen LogP contribution in [0.1, 0.15) is 17.5 Å². The zero-order valence-electron chi connectivity index (χ0n) is 15.8. The van der Waals surface area contributed by atoms with Crippen LogP contribution in [0.25, 0.3) is 0 Å². The van der Waals surface area contributed by atoms with Gasteiger partial charge in [0, 0.05) is 31.9 Å². The van der Waals surface area contributed by atoms with Gasteiger partial charge in [-0.15, -0.1) is 0 Å². The molecule has 0 aromatic heterocycles. The maximum Gasteiger partial charge on any atom is 0.260 e. The van der Waals surface area contributed by atoms with Crippen molar-refractivity contribution in [3.63, 3.8) is 0 Å². The Labute approximate surface area is 160 Å². The van der Waals surface area contributed by atoms with Gasteiger partial charge in [0.1, 0.15) is 11.5 Å². The number of rotatable bonds is 5. The van der Waals surface area contributed by atoms with Crippen molar-refractivity contribution in [2.75, 3.05) is 44.8 Å². The highest BCUT2D eigenvalue weighted by atomic mass is 16.5. The monoisotopic (exact) mass is 366 g/mol. The van der Waals surface area contributed by atoms with E-state index in [9.17, 15) is 4.79 Å². The molecule has 0 radical (unpaired) electrons. The highest BCUT2D eigenvalue weighted by molar-refractivity contribution is 5.78. The van der Waals surface area contributed by atoms with Crippen LogP contribution in [0.4, 0.5) is 5.69 Å². The van der Waals surface area contributed by atoms with Crippen LogP contribution in [-0.4, -0.2) is 50.7 Å². The number of anilines is 1. The number of ether oxygens (including phenoxy) is 2. The number of carbonyl (C=O) groups excluding carboxylic acids is 1.